The van der Waals surface area contributed by atoms with E-state index >= 15 is 0 Å². The van der Waals surface area contributed by atoms with Crippen molar-refractivity contribution in [2.75, 3.05) is 0 Å². The zero-order valence-electron chi connectivity index (χ0n) is 14.7. The van der Waals surface area contributed by atoms with Crippen LogP contribution in [0.3, 0.4) is 0 Å². The van der Waals surface area contributed by atoms with Gasteiger partial charge in [0.2, 0.25) is 5.91 Å². The second kappa shape index (κ2) is 6.40. The van der Waals surface area contributed by atoms with E-state index in [1.54, 1.807) is 6.26 Å². The summed E-state index contributed by atoms with van der Waals surface area (Å²) in [6.45, 7) is 4.16. The van der Waals surface area contributed by atoms with E-state index in [0.717, 1.165) is 16.5 Å². The fourth-order valence-corrected chi connectivity index (χ4v) is 3.43. The third-order valence-electron chi connectivity index (χ3n) is 5.19. The normalized spacial score (nSPS) is 15.3. The van der Waals surface area contributed by atoms with Crippen molar-refractivity contribution < 1.29 is 9.21 Å². The molecule has 1 amide bonds. The summed E-state index contributed by atoms with van der Waals surface area (Å²) in [4.78, 5) is 12.7. The lowest BCUT2D eigenvalue weighted by Crippen LogP contribution is -2.31. The molecule has 0 unspecified atom stereocenters. The van der Waals surface area contributed by atoms with E-state index in [2.05, 4.69) is 37.4 Å². The predicted octanol–water partition coefficient (Wildman–Crippen LogP) is 4.86. The van der Waals surface area contributed by atoms with Crippen LogP contribution in [0.5, 0.6) is 0 Å². The SMILES string of the molecule is Cc1cc2occ(CC(=O)N[C@H](c3ccccc3)C3CC3)c2cc1C. The zero-order chi connectivity index (χ0) is 17.4. The van der Waals surface area contributed by atoms with E-state index in [-0.39, 0.29) is 11.9 Å². The molecule has 1 aliphatic rings. The van der Waals surface area contributed by atoms with Gasteiger partial charge < -0.3 is 9.73 Å². The van der Waals surface area contributed by atoms with E-state index in [9.17, 15) is 4.79 Å². The van der Waals surface area contributed by atoms with Crippen LogP contribution in [-0.4, -0.2) is 5.91 Å². The Labute approximate surface area is 148 Å². The molecule has 1 heterocycles. The lowest BCUT2D eigenvalue weighted by Gasteiger charge is -2.18. The second-order valence-corrected chi connectivity index (χ2v) is 7.16. The Kier molecular flexibility index (Phi) is 4.08. The summed E-state index contributed by atoms with van der Waals surface area (Å²) in [5.74, 6) is 0.624. The number of rotatable bonds is 5. The zero-order valence-corrected chi connectivity index (χ0v) is 14.7. The number of hydrogen-bond acceptors (Lipinski definition) is 2. The highest BCUT2D eigenvalue weighted by Crippen LogP contribution is 2.41. The number of carbonyl (C=O) groups is 1. The third kappa shape index (κ3) is 3.32. The van der Waals surface area contributed by atoms with Gasteiger partial charge in [0.05, 0.1) is 18.7 Å². The third-order valence-corrected chi connectivity index (χ3v) is 5.19. The monoisotopic (exact) mass is 333 g/mol. The van der Waals surface area contributed by atoms with Gasteiger partial charge in [-0.1, -0.05) is 30.3 Å². The first kappa shape index (κ1) is 15.9. The van der Waals surface area contributed by atoms with Gasteiger partial charge in [-0.3, -0.25) is 4.79 Å². The van der Waals surface area contributed by atoms with Crippen molar-refractivity contribution in [3.05, 3.63) is 71.0 Å². The summed E-state index contributed by atoms with van der Waals surface area (Å²) in [7, 11) is 0. The molecular formula is C22H23NO2. The first-order chi connectivity index (χ1) is 12.1. The van der Waals surface area contributed by atoms with E-state index in [1.165, 1.54) is 29.5 Å². The van der Waals surface area contributed by atoms with Crippen LogP contribution >= 0.6 is 0 Å². The van der Waals surface area contributed by atoms with Gasteiger partial charge in [0.25, 0.3) is 0 Å². The van der Waals surface area contributed by atoms with Crippen molar-refractivity contribution >= 4 is 16.9 Å². The summed E-state index contributed by atoms with van der Waals surface area (Å²) >= 11 is 0. The molecule has 3 heteroatoms. The Morgan fingerprint density at radius 2 is 1.88 bits per heavy atom. The predicted molar refractivity (Wildman–Crippen MR) is 99.4 cm³/mol. The number of hydrogen-bond donors (Lipinski definition) is 1. The van der Waals surface area contributed by atoms with Crippen LogP contribution in [0.1, 0.15) is 41.1 Å². The molecule has 1 atom stereocenters. The van der Waals surface area contributed by atoms with Gasteiger partial charge in [-0.2, -0.15) is 0 Å². The minimum absolute atomic E-state index is 0.0571. The molecule has 1 aromatic heterocycles. The van der Waals surface area contributed by atoms with Crippen LogP contribution in [-0.2, 0) is 11.2 Å². The fourth-order valence-electron chi connectivity index (χ4n) is 3.43. The van der Waals surface area contributed by atoms with Crippen molar-refractivity contribution in [2.45, 2.75) is 39.2 Å². The van der Waals surface area contributed by atoms with Gasteiger partial charge in [0.15, 0.2) is 0 Å². The Morgan fingerprint density at radius 1 is 1.16 bits per heavy atom. The van der Waals surface area contributed by atoms with Gasteiger partial charge in [-0.05, 0) is 61.4 Å². The first-order valence-corrected chi connectivity index (χ1v) is 8.93. The summed E-state index contributed by atoms with van der Waals surface area (Å²) < 4.78 is 5.66. The van der Waals surface area contributed by atoms with Crippen LogP contribution in [0, 0.1) is 19.8 Å². The average Bonchev–Trinajstić information content (AvgIpc) is 3.39. The molecule has 0 radical (unpaired) electrons. The quantitative estimate of drug-likeness (QED) is 0.724. The molecule has 1 saturated carbocycles. The first-order valence-electron chi connectivity index (χ1n) is 8.93. The van der Waals surface area contributed by atoms with Crippen LogP contribution < -0.4 is 5.32 Å². The highest BCUT2D eigenvalue weighted by atomic mass is 16.3. The van der Waals surface area contributed by atoms with E-state index < -0.39 is 0 Å². The van der Waals surface area contributed by atoms with Crippen LogP contribution in [0.4, 0.5) is 0 Å². The Bertz CT molecular complexity index is 906. The number of benzene rings is 2. The van der Waals surface area contributed by atoms with E-state index in [1.807, 2.05) is 24.3 Å². The molecule has 0 bridgehead atoms. The highest BCUT2D eigenvalue weighted by molar-refractivity contribution is 5.88. The van der Waals surface area contributed by atoms with Gasteiger partial charge in [0, 0.05) is 10.9 Å². The summed E-state index contributed by atoms with van der Waals surface area (Å²) in [5, 5.41) is 4.29. The van der Waals surface area contributed by atoms with Crippen LogP contribution in [0.25, 0.3) is 11.0 Å². The standard InChI is InChI=1S/C22H23NO2/c1-14-10-19-18(13-25-20(19)11-15(14)2)12-21(24)23-22(17-8-9-17)16-6-4-3-5-7-16/h3-7,10-11,13,17,22H,8-9,12H2,1-2H3,(H,23,24)/t22-/m1/s1. The Hall–Kier alpha value is -2.55. The maximum absolute atomic E-state index is 12.7. The number of nitrogens with one attached hydrogen (secondary N) is 1. The molecule has 3 aromatic rings. The summed E-state index contributed by atoms with van der Waals surface area (Å²) in [6.07, 6.45) is 4.45. The minimum Gasteiger partial charge on any atom is -0.464 e. The number of aryl methyl sites for hydroxylation is 2. The van der Waals surface area contributed by atoms with Crippen molar-refractivity contribution in [1.82, 2.24) is 5.32 Å². The molecule has 3 nitrogen and oxygen atoms in total. The minimum atomic E-state index is 0.0571. The largest absolute Gasteiger partial charge is 0.464 e. The maximum Gasteiger partial charge on any atom is 0.225 e. The van der Waals surface area contributed by atoms with Gasteiger partial charge in [-0.15, -0.1) is 0 Å². The molecular weight excluding hydrogens is 310 g/mol. The second-order valence-electron chi connectivity index (χ2n) is 7.16. The molecule has 1 N–H and O–H groups in total. The molecule has 4 rings (SSSR count). The Balaban J connectivity index is 1.53. The number of amides is 1. The maximum atomic E-state index is 12.7. The number of carbonyl (C=O) groups excluding carboxylic acids is 1. The average molecular weight is 333 g/mol. The molecule has 0 spiro atoms. The number of furan rings is 1. The van der Waals surface area contributed by atoms with Crippen LogP contribution in [0.15, 0.2) is 53.1 Å². The van der Waals surface area contributed by atoms with Gasteiger partial charge >= 0.3 is 0 Å². The molecule has 0 saturated heterocycles. The molecule has 1 fully saturated rings. The molecule has 1 aliphatic carbocycles. The lowest BCUT2D eigenvalue weighted by molar-refractivity contribution is -0.121. The van der Waals surface area contributed by atoms with Gasteiger partial charge in [0.1, 0.15) is 5.58 Å². The van der Waals surface area contributed by atoms with Gasteiger partial charge in [-0.25, -0.2) is 0 Å². The summed E-state index contributed by atoms with van der Waals surface area (Å²) in [6, 6.07) is 14.6. The number of fused-ring (bicyclic) bond motifs is 1. The molecule has 25 heavy (non-hydrogen) atoms. The van der Waals surface area contributed by atoms with E-state index in [4.69, 9.17) is 4.42 Å². The van der Waals surface area contributed by atoms with E-state index in [0.29, 0.717) is 12.3 Å². The van der Waals surface area contributed by atoms with Crippen molar-refractivity contribution in [2.24, 2.45) is 5.92 Å². The van der Waals surface area contributed by atoms with Crippen molar-refractivity contribution in [1.29, 1.82) is 0 Å². The molecule has 2 aromatic carbocycles. The van der Waals surface area contributed by atoms with Crippen molar-refractivity contribution in [3.63, 3.8) is 0 Å². The van der Waals surface area contributed by atoms with Crippen LogP contribution in [0.2, 0.25) is 0 Å². The molecule has 0 aliphatic heterocycles. The lowest BCUT2D eigenvalue weighted by atomic mass is 10.0. The smallest absolute Gasteiger partial charge is 0.225 e. The summed E-state index contributed by atoms with van der Waals surface area (Å²) in [5.41, 5.74) is 5.43. The molecule has 128 valence electrons. The highest BCUT2D eigenvalue weighted by Gasteiger charge is 2.33. The van der Waals surface area contributed by atoms with Crippen molar-refractivity contribution in [3.8, 4) is 0 Å². The Morgan fingerprint density at radius 3 is 2.60 bits per heavy atom. The fraction of sp³-hybridized carbons (Fsp3) is 0.318. The topological polar surface area (TPSA) is 42.2 Å².